The average molecular weight is 432 g/mol. The molecule has 2 fully saturated rings. The summed E-state index contributed by atoms with van der Waals surface area (Å²) in [5, 5.41) is 11.4. The Labute approximate surface area is 201 Å². The van der Waals surface area contributed by atoms with Crippen molar-refractivity contribution >= 4 is 0 Å². The summed E-state index contributed by atoms with van der Waals surface area (Å²) in [5.74, 6) is -1.41. The third-order valence-corrected chi connectivity index (χ3v) is 5.27. The van der Waals surface area contributed by atoms with Crippen LogP contribution in [0.25, 0.3) is 0 Å². The number of benzene rings is 1. The first-order valence-electron chi connectivity index (χ1n) is 10.3. The first-order chi connectivity index (χ1) is 13.8. The van der Waals surface area contributed by atoms with Gasteiger partial charge in [0.1, 0.15) is 18.3 Å². The fourth-order valence-corrected chi connectivity index (χ4v) is 3.63. The van der Waals surface area contributed by atoms with Gasteiger partial charge in [-0.15, -0.1) is 6.61 Å². The van der Waals surface area contributed by atoms with Gasteiger partial charge in [0, 0.05) is 0 Å². The fourth-order valence-electron chi connectivity index (χ4n) is 3.63. The first kappa shape index (κ1) is 26.2. The van der Waals surface area contributed by atoms with Gasteiger partial charge >= 0.3 is 29.6 Å². The Morgan fingerprint density at radius 3 is 1.93 bits per heavy atom. The molecule has 5 atom stereocenters. The van der Waals surface area contributed by atoms with Gasteiger partial charge < -0.3 is 33.5 Å². The van der Waals surface area contributed by atoms with Crippen molar-refractivity contribution in [2.45, 2.75) is 76.7 Å². The average Bonchev–Trinajstić information content (AvgIpc) is 3.18. The molecular formula is C22H33NaO7. The Morgan fingerprint density at radius 2 is 1.37 bits per heavy atom. The van der Waals surface area contributed by atoms with E-state index in [9.17, 15) is 5.11 Å². The molecule has 0 bridgehead atoms. The minimum absolute atomic E-state index is 0. The van der Waals surface area contributed by atoms with E-state index in [1.807, 2.05) is 58.0 Å². The molecule has 7 nitrogen and oxygen atoms in total. The van der Waals surface area contributed by atoms with E-state index in [0.29, 0.717) is 26.2 Å². The van der Waals surface area contributed by atoms with E-state index >= 15 is 0 Å². The van der Waals surface area contributed by atoms with Crippen molar-refractivity contribution in [2.75, 3.05) is 26.4 Å². The van der Waals surface area contributed by atoms with Crippen LogP contribution in [0.2, 0.25) is 0 Å². The number of rotatable bonds is 10. The molecule has 164 valence electrons. The molecular weight excluding hydrogens is 399 g/mol. The monoisotopic (exact) mass is 432 g/mol. The van der Waals surface area contributed by atoms with Crippen LogP contribution in [0, 0.1) is 0 Å². The van der Waals surface area contributed by atoms with Crippen molar-refractivity contribution in [3.05, 3.63) is 35.9 Å². The van der Waals surface area contributed by atoms with Crippen molar-refractivity contribution in [3.8, 4) is 0 Å². The van der Waals surface area contributed by atoms with Crippen LogP contribution in [0.5, 0.6) is 0 Å². The predicted molar refractivity (Wildman–Crippen MR) is 104 cm³/mol. The standard InChI is InChI=1S/C22H33O7.Na/c1-5-22(4)28-17(11-23)18(29-22)13-25-15-20-19(26-21(2,3)27-20)14-24-12-16-9-7-6-8-10-16;/h6-10,17-20H,5,11-15H2,1-4H3;/q-1;+1. The van der Waals surface area contributed by atoms with E-state index in [-0.39, 0.29) is 61.1 Å². The summed E-state index contributed by atoms with van der Waals surface area (Å²) in [7, 11) is 0. The Balaban J connectivity index is 0.00000320. The van der Waals surface area contributed by atoms with Crippen molar-refractivity contribution in [2.24, 2.45) is 0 Å². The molecule has 0 spiro atoms. The second-order valence-electron chi connectivity index (χ2n) is 8.22. The van der Waals surface area contributed by atoms with Crippen molar-refractivity contribution < 1.29 is 63.1 Å². The largest absolute Gasteiger partial charge is 1.00 e. The second-order valence-corrected chi connectivity index (χ2v) is 8.22. The maximum Gasteiger partial charge on any atom is 1.00 e. The molecule has 1 aromatic rings. The van der Waals surface area contributed by atoms with Crippen molar-refractivity contribution in [1.82, 2.24) is 0 Å². The Kier molecular flexibility index (Phi) is 10.2. The SMILES string of the molecule is CCC1(C)OC(C[O-])C(COCC2OC(C)(C)OC2COCc2ccccc2)O1.[Na+]. The van der Waals surface area contributed by atoms with Crippen molar-refractivity contribution in [3.63, 3.8) is 0 Å². The topological polar surface area (TPSA) is 78.4 Å². The molecule has 0 aliphatic carbocycles. The number of hydrogen-bond acceptors (Lipinski definition) is 7. The molecule has 0 N–H and O–H groups in total. The molecule has 5 unspecified atom stereocenters. The third kappa shape index (κ3) is 7.24. The van der Waals surface area contributed by atoms with Crippen LogP contribution in [0.4, 0.5) is 0 Å². The maximum absolute atomic E-state index is 11.4. The van der Waals surface area contributed by atoms with E-state index in [4.69, 9.17) is 28.4 Å². The summed E-state index contributed by atoms with van der Waals surface area (Å²) in [6, 6.07) is 10.0. The van der Waals surface area contributed by atoms with Gasteiger partial charge in [0.25, 0.3) is 0 Å². The molecule has 2 saturated heterocycles. The zero-order valence-electron chi connectivity index (χ0n) is 18.8. The number of hydrogen-bond donors (Lipinski definition) is 0. The van der Waals surface area contributed by atoms with Crippen LogP contribution >= 0.6 is 0 Å². The van der Waals surface area contributed by atoms with Gasteiger partial charge in [0.15, 0.2) is 11.6 Å². The predicted octanol–water partition coefficient (Wildman–Crippen LogP) is -0.986. The summed E-state index contributed by atoms with van der Waals surface area (Å²) < 4.78 is 35.3. The Morgan fingerprint density at radius 1 is 0.833 bits per heavy atom. The molecule has 2 aliphatic rings. The molecule has 0 saturated carbocycles. The zero-order valence-corrected chi connectivity index (χ0v) is 20.8. The zero-order chi connectivity index (χ0) is 20.9. The molecule has 2 heterocycles. The van der Waals surface area contributed by atoms with Gasteiger partial charge in [0.2, 0.25) is 0 Å². The first-order valence-corrected chi connectivity index (χ1v) is 10.3. The van der Waals surface area contributed by atoms with Gasteiger partial charge in [-0.25, -0.2) is 0 Å². The summed E-state index contributed by atoms with van der Waals surface area (Å²) in [4.78, 5) is 0. The summed E-state index contributed by atoms with van der Waals surface area (Å²) in [5.41, 5.74) is 1.11. The summed E-state index contributed by atoms with van der Waals surface area (Å²) in [6.07, 6.45) is -0.686. The molecule has 0 aromatic heterocycles. The van der Waals surface area contributed by atoms with Crippen LogP contribution < -0.4 is 34.7 Å². The van der Waals surface area contributed by atoms with Crippen molar-refractivity contribution in [1.29, 1.82) is 0 Å². The van der Waals surface area contributed by atoms with Crippen LogP contribution in [0.1, 0.15) is 39.7 Å². The molecule has 8 heteroatoms. The van der Waals surface area contributed by atoms with Crippen LogP contribution in [-0.4, -0.2) is 62.4 Å². The van der Waals surface area contributed by atoms with E-state index in [0.717, 1.165) is 5.56 Å². The van der Waals surface area contributed by atoms with Crippen LogP contribution in [0.15, 0.2) is 30.3 Å². The molecule has 2 aliphatic heterocycles. The molecule has 30 heavy (non-hydrogen) atoms. The minimum Gasteiger partial charge on any atom is -0.853 e. The van der Waals surface area contributed by atoms with E-state index in [2.05, 4.69) is 0 Å². The van der Waals surface area contributed by atoms with Gasteiger partial charge in [-0.1, -0.05) is 37.3 Å². The number of ether oxygens (including phenoxy) is 6. The van der Waals surface area contributed by atoms with Gasteiger partial charge in [0.05, 0.1) is 32.5 Å². The smallest absolute Gasteiger partial charge is 0.853 e. The quantitative estimate of drug-likeness (QED) is 0.440. The normalized spacial score (nSPS) is 32.8. The third-order valence-electron chi connectivity index (χ3n) is 5.27. The summed E-state index contributed by atoms with van der Waals surface area (Å²) >= 11 is 0. The second kappa shape index (κ2) is 11.7. The molecule has 0 amide bonds. The Bertz CT molecular complexity index is 629. The Hall–Kier alpha value is -0.0600. The van der Waals surface area contributed by atoms with Gasteiger partial charge in [-0.2, -0.15) is 0 Å². The summed E-state index contributed by atoms with van der Waals surface area (Å²) in [6.45, 7) is 8.77. The molecule has 1 aromatic carbocycles. The minimum atomic E-state index is -0.716. The van der Waals surface area contributed by atoms with Gasteiger partial charge in [-0.3, -0.25) is 0 Å². The van der Waals surface area contributed by atoms with Gasteiger partial charge in [-0.05, 0) is 32.8 Å². The van der Waals surface area contributed by atoms with Crippen LogP contribution in [-0.2, 0) is 35.0 Å². The van der Waals surface area contributed by atoms with E-state index < -0.39 is 17.7 Å². The van der Waals surface area contributed by atoms with E-state index in [1.54, 1.807) is 0 Å². The van der Waals surface area contributed by atoms with E-state index in [1.165, 1.54) is 0 Å². The maximum atomic E-state index is 11.4. The van der Waals surface area contributed by atoms with Crippen LogP contribution in [0.3, 0.4) is 0 Å². The fraction of sp³-hybridized carbons (Fsp3) is 0.727. The molecule has 0 radical (unpaired) electrons. The molecule has 3 rings (SSSR count).